The number of nitrogens with zero attached hydrogens (tertiary/aromatic N) is 2. The van der Waals surface area contributed by atoms with Gasteiger partial charge in [-0.3, -0.25) is 4.99 Å². The fraction of sp³-hybridized carbons (Fsp3) is 0.190. The summed E-state index contributed by atoms with van der Waals surface area (Å²) in [5, 5.41) is 3.11. The molecule has 0 aliphatic carbocycles. The molecule has 4 rings (SSSR count). The van der Waals surface area contributed by atoms with E-state index in [1.165, 1.54) is 11.6 Å². The van der Waals surface area contributed by atoms with Crippen LogP contribution in [0.5, 0.6) is 0 Å². The average Bonchev–Trinajstić information content (AvgIpc) is 3.04. The fourth-order valence-electron chi connectivity index (χ4n) is 3.40. The second-order valence-electron chi connectivity index (χ2n) is 6.70. The molecule has 0 radical (unpaired) electrons. The lowest BCUT2D eigenvalue weighted by molar-refractivity contribution is 0.509. The number of halogens is 3. The van der Waals surface area contributed by atoms with Crippen molar-refractivity contribution in [2.45, 2.75) is 13.0 Å². The summed E-state index contributed by atoms with van der Waals surface area (Å²) in [5.74, 6) is -2.14. The Morgan fingerprint density at radius 2 is 1.93 bits per heavy atom. The van der Waals surface area contributed by atoms with Gasteiger partial charge in [-0.2, -0.15) is 0 Å². The van der Waals surface area contributed by atoms with E-state index in [2.05, 4.69) is 28.0 Å². The number of hydrogen-bond donors (Lipinski definition) is 1. The molecule has 0 saturated heterocycles. The summed E-state index contributed by atoms with van der Waals surface area (Å²) in [6.45, 7) is 4.64. The molecule has 2 heterocycles. The summed E-state index contributed by atoms with van der Waals surface area (Å²) < 4.78 is 40.7. The Morgan fingerprint density at radius 3 is 2.71 bits per heavy atom. The molecule has 1 aliphatic rings. The topological polar surface area (TPSA) is 27.6 Å². The molecule has 2 aromatic carbocycles. The Kier molecular flexibility index (Phi) is 4.85. The number of aliphatic imine (C=N–C) groups is 1. The Morgan fingerprint density at radius 1 is 1.14 bits per heavy atom. The highest BCUT2D eigenvalue weighted by atomic mass is 32.1. The summed E-state index contributed by atoms with van der Waals surface area (Å²) in [4.78, 5) is 7.97. The van der Waals surface area contributed by atoms with E-state index in [1.807, 2.05) is 13.1 Å². The number of likely N-dealkylation sites (N-methyl/N-ethyl adjacent to an activating group) is 1. The van der Waals surface area contributed by atoms with Crippen LogP contribution in [0.4, 0.5) is 30.2 Å². The Labute approximate surface area is 165 Å². The highest BCUT2D eigenvalue weighted by Crippen LogP contribution is 2.41. The van der Waals surface area contributed by atoms with Crippen molar-refractivity contribution in [3.8, 4) is 10.4 Å². The minimum atomic E-state index is -0.955. The third kappa shape index (κ3) is 3.38. The molecule has 0 bridgehead atoms. The van der Waals surface area contributed by atoms with Crippen LogP contribution in [0.3, 0.4) is 0 Å². The van der Waals surface area contributed by atoms with Crippen LogP contribution in [0.2, 0.25) is 0 Å². The molecule has 0 atom stereocenters. The molecule has 28 heavy (non-hydrogen) atoms. The van der Waals surface area contributed by atoms with Crippen molar-refractivity contribution >= 4 is 35.1 Å². The van der Waals surface area contributed by atoms with Crippen molar-refractivity contribution in [1.82, 2.24) is 0 Å². The third-order valence-corrected chi connectivity index (χ3v) is 6.06. The monoisotopic (exact) mass is 401 g/mol. The minimum absolute atomic E-state index is 0.254. The lowest BCUT2D eigenvalue weighted by Gasteiger charge is -2.19. The van der Waals surface area contributed by atoms with E-state index in [-0.39, 0.29) is 11.5 Å². The van der Waals surface area contributed by atoms with Gasteiger partial charge in [0.2, 0.25) is 0 Å². The first-order valence-electron chi connectivity index (χ1n) is 8.78. The van der Waals surface area contributed by atoms with Crippen LogP contribution in [-0.2, 0) is 13.0 Å². The number of anilines is 2. The van der Waals surface area contributed by atoms with Crippen LogP contribution < -0.4 is 10.2 Å². The van der Waals surface area contributed by atoms with Gasteiger partial charge in [-0.05, 0) is 43.0 Å². The zero-order chi connectivity index (χ0) is 19.8. The molecule has 7 heteroatoms. The van der Waals surface area contributed by atoms with Crippen LogP contribution in [-0.4, -0.2) is 20.3 Å². The normalized spacial score (nSPS) is 12.9. The van der Waals surface area contributed by atoms with Gasteiger partial charge in [0.05, 0.1) is 11.4 Å². The largest absolute Gasteiger partial charge is 0.378 e. The van der Waals surface area contributed by atoms with E-state index in [0.29, 0.717) is 12.2 Å². The standard InChI is InChI=1S/C21H18F3N3S/c1-25-18-9-16(23)17(24)10-19(18)26-11-14-7-12-5-6-27(2)20-8-13(22)3-4-15(20)21(12)28-14/h3-4,7-10,26H,1,5-6,11H2,2H3. The van der Waals surface area contributed by atoms with Crippen molar-refractivity contribution in [2.24, 2.45) is 4.99 Å². The number of benzene rings is 2. The summed E-state index contributed by atoms with van der Waals surface area (Å²) in [6.07, 6.45) is 0.850. The molecular formula is C21H18F3N3S. The molecule has 3 aromatic rings. The molecule has 0 fully saturated rings. The highest BCUT2D eigenvalue weighted by molar-refractivity contribution is 7.15. The van der Waals surface area contributed by atoms with Crippen molar-refractivity contribution in [1.29, 1.82) is 0 Å². The third-order valence-electron chi connectivity index (χ3n) is 4.85. The van der Waals surface area contributed by atoms with Gasteiger partial charge in [0.15, 0.2) is 11.6 Å². The zero-order valence-corrected chi connectivity index (χ0v) is 16.0. The van der Waals surface area contributed by atoms with Crippen LogP contribution in [0.1, 0.15) is 10.4 Å². The molecule has 0 amide bonds. The van der Waals surface area contributed by atoms with Gasteiger partial charge in [-0.1, -0.05) is 0 Å². The van der Waals surface area contributed by atoms with Crippen molar-refractivity contribution in [2.75, 3.05) is 23.8 Å². The van der Waals surface area contributed by atoms with E-state index in [0.717, 1.165) is 46.1 Å². The number of nitrogens with one attached hydrogen (secondary N) is 1. The van der Waals surface area contributed by atoms with Crippen LogP contribution >= 0.6 is 11.3 Å². The van der Waals surface area contributed by atoms with E-state index in [9.17, 15) is 13.2 Å². The first-order chi connectivity index (χ1) is 13.5. The maximum absolute atomic E-state index is 13.7. The summed E-state index contributed by atoms with van der Waals surface area (Å²) in [5.41, 5.74) is 3.73. The van der Waals surface area contributed by atoms with E-state index in [4.69, 9.17) is 0 Å². The van der Waals surface area contributed by atoms with E-state index >= 15 is 0 Å². The van der Waals surface area contributed by atoms with Crippen LogP contribution in [0.15, 0.2) is 41.4 Å². The number of thiophene rings is 1. The molecule has 1 N–H and O–H groups in total. The molecule has 1 aromatic heterocycles. The SMILES string of the molecule is C=Nc1cc(F)c(F)cc1NCc1cc2c(s1)-c1ccc(F)cc1N(C)CC2. The summed E-state index contributed by atoms with van der Waals surface area (Å²) in [6, 6.07) is 9.07. The van der Waals surface area contributed by atoms with Gasteiger partial charge in [0.1, 0.15) is 5.82 Å². The molecule has 0 spiro atoms. The average molecular weight is 401 g/mol. The summed E-state index contributed by atoms with van der Waals surface area (Å²) >= 11 is 1.61. The second-order valence-corrected chi connectivity index (χ2v) is 7.83. The van der Waals surface area contributed by atoms with Gasteiger partial charge in [-0.15, -0.1) is 11.3 Å². The van der Waals surface area contributed by atoms with E-state index < -0.39 is 11.6 Å². The number of rotatable bonds is 4. The van der Waals surface area contributed by atoms with Gasteiger partial charge in [0, 0.05) is 53.3 Å². The van der Waals surface area contributed by atoms with E-state index in [1.54, 1.807) is 17.4 Å². The van der Waals surface area contributed by atoms with Gasteiger partial charge in [-0.25, -0.2) is 13.2 Å². The van der Waals surface area contributed by atoms with Gasteiger partial charge >= 0.3 is 0 Å². The molecule has 0 saturated carbocycles. The van der Waals surface area contributed by atoms with Crippen molar-refractivity contribution in [3.05, 3.63) is 64.3 Å². The first kappa shape index (κ1) is 18.6. The summed E-state index contributed by atoms with van der Waals surface area (Å²) in [7, 11) is 1.96. The molecule has 1 aliphatic heterocycles. The van der Waals surface area contributed by atoms with Gasteiger partial charge in [0.25, 0.3) is 0 Å². The smallest absolute Gasteiger partial charge is 0.161 e. The van der Waals surface area contributed by atoms with Crippen molar-refractivity contribution in [3.63, 3.8) is 0 Å². The minimum Gasteiger partial charge on any atom is -0.378 e. The van der Waals surface area contributed by atoms with Crippen molar-refractivity contribution < 1.29 is 13.2 Å². The Hall–Kier alpha value is -2.80. The maximum atomic E-state index is 13.7. The fourth-order valence-corrected chi connectivity index (χ4v) is 4.58. The Balaban J connectivity index is 1.64. The molecule has 3 nitrogen and oxygen atoms in total. The number of fused-ring (bicyclic) bond motifs is 3. The van der Waals surface area contributed by atoms with Crippen LogP contribution in [0.25, 0.3) is 10.4 Å². The van der Waals surface area contributed by atoms with Gasteiger partial charge < -0.3 is 10.2 Å². The maximum Gasteiger partial charge on any atom is 0.161 e. The second kappa shape index (κ2) is 7.31. The molecule has 0 unspecified atom stereocenters. The quantitative estimate of drug-likeness (QED) is 0.562. The predicted molar refractivity (Wildman–Crippen MR) is 110 cm³/mol. The molecule has 144 valence electrons. The molecular weight excluding hydrogens is 383 g/mol. The highest BCUT2D eigenvalue weighted by Gasteiger charge is 2.21. The number of hydrogen-bond acceptors (Lipinski definition) is 4. The predicted octanol–water partition coefficient (Wildman–Crippen LogP) is 5.77. The zero-order valence-electron chi connectivity index (χ0n) is 15.2. The first-order valence-corrected chi connectivity index (χ1v) is 9.60. The van der Waals surface area contributed by atoms with Crippen LogP contribution in [0, 0.1) is 17.5 Å². The Bertz CT molecular complexity index is 1060. The lowest BCUT2D eigenvalue weighted by Crippen LogP contribution is -2.19. The lowest BCUT2D eigenvalue weighted by atomic mass is 10.1.